The summed E-state index contributed by atoms with van der Waals surface area (Å²) >= 11 is 1.35. The Bertz CT molecular complexity index is 507. The molecule has 2 N–H and O–H groups in total. The summed E-state index contributed by atoms with van der Waals surface area (Å²) < 4.78 is 23.7. The van der Waals surface area contributed by atoms with E-state index in [9.17, 15) is 13.2 Å². The summed E-state index contributed by atoms with van der Waals surface area (Å²) in [6, 6.07) is 0. The quantitative estimate of drug-likeness (QED) is 0.722. The fraction of sp³-hybridized carbons (Fsp3) is 0.846. The van der Waals surface area contributed by atoms with Crippen molar-refractivity contribution in [3.05, 3.63) is 0 Å². The van der Waals surface area contributed by atoms with Crippen LogP contribution in [-0.2, 0) is 14.6 Å². The van der Waals surface area contributed by atoms with Gasteiger partial charge in [0.25, 0.3) is 0 Å². The van der Waals surface area contributed by atoms with Gasteiger partial charge in [0.15, 0.2) is 4.38 Å². The first-order valence-corrected chi connectivity index (χ1v) is 9.52. The van der Waals surface area contributed by atoms with Crippen LogP contribution in [0.15, 0.2) is 4.99 Å². The molecule has 8 heteroatoms. The third-order valence-electron chi connectivity index (χ3n) is 2.86. The van der Waals surface area contributed by atoms with Gasteiger partial charge < -0.3 is 10.4 Å². The number of thioether (sulfide) groups is 1. The molecule has 2 rings (SSSR count). The lowest BCUT2D eigenvalue weighted by molar-refractivity contribution is -0.135. The van der Waals surface area contributed by atoms with Crippen molar-refractivity contribution in [2.24, 2.45) is 16.3 Å². The zero-order valence-electron chi connectivity index (χ0n) is 12.9. The molecule has 2 atom stereocenters. The summed E-state index contributed by atoms with van der Waals surface area (Å²) in [7, 11) is -3.10. The number of amides is 1. The zero-order valence-corrected chi connectivity index (χ0v) is 14.6. The second-order valence-electron chi connectivity index (χ2n) is 6.41. The number of aliphatic hydroxyl groups is 1. The molecule has 0 aromatic carbocycles. The van der Waals surface area contributed by atoms with Crippen molar-refractivity contribution in [3.8, 4) is 0 Å². The largest absolute Gasteiger partial charge is 0.393 e. The highest BCUT2D eigenvalue weighted by Crippen LogP contribution is 2.23. The molecule has 122 valence electrons. The summed E-state index contributed by atoms with van der Waals surface area (Å²) in [4.78, 5) is 14.4. The van der Waals surface area contributed by atoms with Crippen LogP contribution in [0.1, 0.15) is 27.7 Å². The minimum Gasteiger partial charge on any atom is -0.393 e. The average Bonchev–Trinajstić information content (AvgIpc) is 2.77. The lowest BCUT2D eigenvalue weighted by Gasteiger charge is -2.27. The van der Waals surface area contributed by atoms with Gasteiger partial charge in [-0.25, -0.2) is 8.42 Å². The highest BCUT2D eigenvalue weighted by molar-refractivity contribution is 8.35. The SMILES string of the molecule is CC(C)(C)CS(=O)(=O)C1=NCCS1.C[C@@H](O)[C@@H]1CNC1=O. The number of nitrogens with zero attached hydrogens (tertiary/aromatic N) is 1. The van der Waals surface area contributed by atoms with Gasteiger partial charge in [-0.15, -0.1) is 0 Å². The number of sulfone groups is 1. The van der Waals surface area contributed by atoms with Crippen LogP contribution in [-0.4, -0.2) is 54.5 Å². The van der Waals surface area contributed by atoms with Crippen LogP contribution in [0.25, 0.3) is 0 Å². The molecule has 0 bridgehead atoms. The number of hydrogen-bond donors (Lipinski definition) is 2. The second kappa shape index (κ2) is 7.11. The predicted octanol–water partition coefficient (Wildman–Crippen LogP) is 0.663. The van der Waals surface area contributed by atoms with Gasteiger partial charge in [0.05, 0.1) is 24.3 Å². The summed E-state index contributed by atoms with van der Waals surface area (Å²) in [6.45, 7) is 8.67. The van der Waals surface area contributed by atoms with Gasteiger partial charge in [0, 0.05) is 12.3 Å². The number of hydrogen-bond acceptors (Lipinski definition) is 6. The highest BCUT2D eigenvalue weighted by Gasteiger charge is 2.31. The van der Waals surface area contributed by atoms with E-state index >= 15 is 0 Å². The van der Waals surface area contributed by atoms with E-state index in [1.54, 1.807) is 6.92 Å². The smallest absolute Gasteiger partial charge is 0.227 e. The van der Waals surface area contributed by atoms with Crippen molar-refractivity contribution in [2.75, 3.05) is 24.6 Å². The number of carbonyl (C=O) groups is 1. The van der Waals surface area contributed by atoms with Crippen LogP contribution in [0.5, 0.6) is 0 Å². The molecule has 0 aromatic heterocycles. The molecular weight excluding hydrogens is 312 g/mol. The van der Waals surface area contributed by atoms with Gasteiger partial charge in [-0.05, 0) is 12.3 Å². The normalized spacial score (nSPS) is 23.4. The molecule has 2 aliphatic rings. The Morgan fingerprint density at radius 2 is 2.10 bits per heavy atom. The van der Waals surface area contributed by atoms with Crippen molar-refractivity contribution in [3.63, 3.8) is 0 Å². The van der Waals surface area contributed by atoms with Gasteiger partial charge in [-0.1, -0.05) is 32.5 Å². The van der Waals surface area contributed by atoms with E-state index < -0.39 is 15.9 Å². The van der Waals surface area contributed by atoms with Crippen LogP contribution in [0.4, 0.5) is 0 Å². The molecule has 0 spiro atoms. The fourth-order valence-corrected chi connectivity index (χ4v) is 5.06. The maximum Gasteiger partial charge on any atom is 0.227 e. The van der Waals surface area contributed by atoms with Crippen LogP contribution in [0.3, 0.4) is 0 Å². The van der Waals surface area contributed by atoms with E-state index in [0.717, 1.165) is 5.75 Å². The van der Waals surface area contributed by atoms with Crippen molar-refractivity contribution in [1.29, 1.82) is 0 Å². The van der Waals surface area contributed by atoms with Gasteiger partial charge in [0.1, 0.15) is 0 Å². The number of aliphatic hydroxyl groups excluding tert-OH is 1. The maximum atomic E-state index is 11.7. The Morgan fingerprint density at radius 1 is 1.48 bits per heavy atom. The molecule has 0 aliphatic carbocycles. The van der Waals surface area contributed by atoms with Crippen LogP contribution >= 0.6 is 11.8 Å². The van der Waals surface area contributed by atoms with E-state index in [0.29, 0.717) is 17.5 Å². The molecule has 0 radical (unpaired) electrons. The second-order valence-corrected chi connectivity index (χ2v) is 9.65. The lowest BCUT2D eigenvalue weighted by atomic mass is 9.97. The summed E-state index contributed by atoms with van der Waals surface area (Å²) in [6.07, 6.45) is -0.483. The monoisotopic (exact) mass is 336 g/mol. The molecule has 0 aromatic rings. The van der Waals surface area contributed by atoms with E-state index in [-0.39, 0.29) is 23.0 Å². The average molecular weight is 336 g/mol. The summed E-state index contributed by atoms with van der Waals surface area (Å²) in [5.74, 6) is 0.819. The number of nitrogens with one attached hydrogen (secondary N) is 1. The molecular formula is C13H24N2O4S2. The topological polar surface area (TPSA) is 95.8 Å². The molecule has 1 saturated heterocycles. The Hall–Kier alpha value is -0.600. The molecule has 0 saturated carbocycles. The minimum atomic E-state index is -3.10. The predicted molar refractivity (Wildman–Crippen MR) is 86.2 cm³/mol. The molecule has 1 amide bonds. The van der Waals surface area contributed by atoms with Gasteiger partial charge >= 0.3 is 0 Å². The van der Waals surface area contributed by atoms with Crippen LogP contribution in [0, 0.1) is 11.3 Å². The Morgan fingerprint density at radius 3 is 2.33 bits per heavy atom. The first-order valence-electron chi connectivity index (χ1n) is 6.89. The van der Waals surface area contributed by atoms with Crippen LogP contribution in [0.2, 0.25) is 0 Å². The Balaban J connectivity index is 0.000000235. The summed E-state index contributed by atoms with van der Waals surface area (Å²) in [5.41, 5.74) is -0.190. The molecule has 6 nitrogen and oxygen atoms in total. The van der Waals surface area contributed by atoms with E-state index in [1.807, 2.05) is 20.8 Å². The van der Waals surface area contributed by atoms with Gasteiger partial charge in [-0.3, -0.25) is 9.79 Å². The van der Waals surface area contributed by atoms with Crippen molar-refractivity contribution in [2.45, 2.75) is 33.8 Å². The number of carbonyl (C=O) groups excluding carboxylic acids is 1. The number of rotatable bonds is 2. The summed E-state index contributed by atoms with van der Waals surface area (Å²) in [5, 5.41) is 11.3. The first-order chi connectivity index (χ1) is 9.53. The third-order valence-corrected chi connectivity index (χ3v) is 6.65. The van der Waals surface area contributed by atoms with E-state index in [4.69, 9.17) is 5.11 Å². The molecule has 21 heavy (non-hydrogen) atoms. The van der Waals surface area contributed by atoms with E-state index in [1.165, 1.54) is 11.8 Å². The van der Waals surface area contributed by atoms with Gasteiger partial charge in [0.2, 0.25) is 15.7 Å². The molecule has 2 aliphatic heterocycles. The zero-order chi connectivity index (χ0) is 16.3. The fourth-order valence-electron chi connectivity index (χ4n) is 1.83. The molecule has 0 unspecified atom stereocenters. The molecule has 2 heterocycles. The Kier molecular flexibility index (Phi) is 6.24. The highest BCUT2D eigenvalue weighted by atomic mass is 32.3. The lowest BCUT2D eigenvalue weighted by Crippen LogP contribution is -2.53. The van der Waals surface area contributed by atoms with Crippen molar-refractivity contribution in [1.82, 2.24) is 5.32 Å². The standard InChI is InChI=1S/C8H15NO2S2.C5H9NO2/c1-8(2,3)6-13(10,11)7-9-4-5-12-7;1-3(7)4-2-6-5(4)8/h4-6H2,1-3H3;3-4,7H,2H2,1H3,(H,6,8)/t;3-,4+/m.1/s1. The molecule has 1 fully saturated rings. The van der Waals surface area contributed by atoms with Crippen molar-refractivity contribution >= 4 is 31.9 Å². The number of aliphatic imine (C=N–C) groups is 1. The third kappa shape index (κ3) is 5.96. The number of β-lactam (4-membered cyclic amide) rings is 1. The Labute approximate surface area is 130 Å². The van der Waals surface area contributed by atoms with E-state index in [2.05, 4.69) is 10.3 Å². The van der Waals surface area contributed by atoms with Gasteiger partial charge in [-0.2, -0.15) is 0 Å². The first kappa shape index (κ1) is 18.4. The van der Waals surface area contributed by atoms with Crippen molar-refractivity contribution < 1.29 is 18.3 Å². The van der Waals surface area contributed by atoms with Crippen LogP contribution < -0.4 is 5.32 Å². The minimum absolute atomic E-state index is 0.0278. The maximum absolute atomic E-state index is 11.7.